The summed E-state index contributed by atoms with van der Waals surface area (Å²) in [5.74, 6) is 1.34. The van der Waals surface area contributed by atoms with Crippen LogP contribution in [0.1, 0.15) is 0 Å². The fourth-order valence-corrected chi connectivity index (χ4v) is 3.38. The molecule has 0 aliphatic rings. The van der Waals surface area contributed by atoms with E-state index in [2.05, 4.69) is 41.3 Å². The van der Waals surface area contributed by atoms with Crippen LogP contribution in [0.15, 0.2) is 81.6 Å². The summed E-state index contributed by atoms with van der Waals surface area (Å²) in [4.78, 5) is 0. The minimum absolute atomic E-state index is 0.602. The van der Waals surface area contributed by atoms with Crippen molar-refractivity contribution in [2.45, 2.75) is 0 Å². The molecule has 0 radical (unpaired) electrons. The molecule has 0 fully saturated rings. The van der Waals surface area contributed by atoms with Crippen LogP contribution in [0.25, 0.3) is 0 Å². The molecule has 0 atom stereocenters. The molecule has 0 saturated heterocycles. The molecule has 13 nitrogen and oxygen atoms in total. The molecule has 2 aromatic carbocycles. The van der Waals surface area contributed by atoms with Gasteiger partial charge in [-0.25, -0.2) is 9.13 Å². The number of rotatable bonds is 12. The average Bonchev–Trinajstić information content (AvgIpc) is 3.41. The Balaban J connectivity index is 1.10. The molecule has 0 unspecified atom stereocenters. The summed E-state index contributed by atoms with van der Waals surface area (Å²) in [5, 5.41) is 32.0. The molecule has 37 heavy (non-hydrogen) atoms. The van der Waals surface area contributed by atoms with Crippen LogP contribution in [0.4, 0.5) is 34.6 Å². The van der Waals surface area contributed by atoms with Crippen molar-refractivity contribution in [3.8, 4) is 0 Å². The number of nitrogens with one attached hydrogen (secondary N) is 2. The van der Waals surface area contributed by atoms with Gasteiger partial charge in [0.1, 0.15) is 0 Å². The summed E-state index contributed by atoms with van der Waals surface area (Å²) in [6, 6.07) is 15.5. The van der Waals surface area contributed by atoms with E-state index in [1.54, 1.807) is 22.0 Å². The molecule has 0 spiro atoms. The summed E-state index contributed by atoms with van der Waals surface area (Å²) in [7, 11) is 7.42. The van der Waals surface area contributed by atoms with Crippen molar-refractivity contribution in [2.75, 3.05) is 36.9 Å². The number of aryl methyl sites for hydroxylation is 4. The van der Waals surface area contributed by atoms with Crippen molar-refractivity contribution in [3.05, 3.63) is 61.2 Å². The SMILES string of the molecule is Cn1nc[n+](C)c1N=Nc1ccc(NCCOCCNc2ccc(N=Nc3n(C)nc[n+]3C)cc2)cc1. The van der Waals surface area contributed by atoms with E-state index in [1.807, 2.05) is 85.9 Å². The Hall–Kier alpha value is -4.52. The van der Waals surface area contributed by atoms with Gasteiger partial charge in [-0.15, -0.1) is 9.36 Å². The summed E-state index contributed by atoms with van der Waals surface area (Å²) >= 11 is 0. The number of hydrogen-bond donors (Lipinski definition) is 2. The Morgan fingerprint density at radius 3 is 1.43 bits per heavy atom. The monoisotopic (exact) mass is 504 g/mol. The normalized spacial score (nSPS) is 11.6. The third-order valence-electron chi connectivity index (χ3n) is 5.40. The van der Waals surface area contributed by atoms with Crippen LogP contribution >= 0.6 is 0 Å². The smallest absolute Gasteiger partial charge is 0.383 e. The summed E-state index contributed by atoms with van der Waals surface area (Å²) < 4.78 is 12.7. The molecule has 13 heteroatoms. The Morgan fingerprint density at radius 2 is 1.08 bits per heavy atom. The maximum absolute atomic E-state index is 5.72. The molecule has 2 aromatic heterocycles. The fraction of sp³-hybridized carbons (Fsp3) is 0.333. The molecular formula is C24H32N12O+2. The van der Waals surface area contributed by atoms with E-state index in [1.165, 1.54) is 0 Å². The van der Waals surface area contributed by atoms with E-state index in [4.69, 9.17) is 4.74 Å². The zero-order valence-corrected chi connectivity index (χ0v) is 21.5. The second kappa shape index (κ2) is 12.4. The van der Waals surface area contributed by atoms with Crippen molar-refractivity contribution >= 4 is 34.6 Å². The van der Waals surface area contributed by atoms with Gasteiger partial charge in [-0.1, -0.05) is 10.2 Å². The highest BCUT2D eigenvalue weighted by molar-refractivity contribution is 5.51. The molecule has 2 N–H and O–H groups in total. The standard InChI is InChI=1S/C24H30N12O/c1-33-17-27-35(3)23(33)31-29-21-9-5-19(6-10-21)25-13-15-37-16-14-26-20-7-11-22(12-8-20)30-32-24-34(2)18-28-36(24)4/h5-12,17-18H,13-16H2,1-4H3/p+2. The van der Waals surface area contributed by atoms with Crippen molar-refractivity contribution in [1.29, 1.82) is 0 Å². The van der Waals surface area contributed by atoms with Crippen molar-refractivity contribution < 1.29 is 13.9 Å². The Labute approximate surface area is 215 Å². The van der Waals surface area contributed by atoms with Crippen LogP contribution in [-0.2, 0) is 32.9 Å². The van der Waals surface area contributed by atoms with E-state index in [0.29, 0.717) is 38.2 Å². The van der Waals surface area contributed by atoms with Gasteiger partial charge < -0.3 is 15.4 Å². The summed E-state index contributed by atoms with van der Waals surface area (Å²) in [6.07, 6.45) is 3.38. The van der Waals surface area contributed by atoms with Gasteiger partial charge >= 0.3 is 11.9 Å². The number of benzene rings is 2. The molecule has 2 heterocycles. The number of ether oxygens (including phenoxy) is 1. The van der Waals surface area contributed by atoms with Gasteiger partial charge in [0.25, 0.3) is 0 Å². The molecule has 0 amide bonds. The molecule has 4 aromatic rings. The minimum atomic E-state index is 0.602. The number of anilines is 2. The van der Waals surface area contributed by atoms with E-state index in [9.17, 15) is 0 Å². The predicted octanol–water partition coefficient (Wildman–Crippen LogP) is 3.17. The van der Waals surface area contributed by atoms with Crippen LogP contribution in [0, 0.1) is 0 Å². The lowest BCUT2D eigenvalue weighted by Gasteiger charge is -2.09. The van der Waals surface area contributed by atoms with Crippen molar-refractivity contribution in [2.24, 2.45) is 48.6 Å². The zero-order chi connectivity index (χ0) is 26.0. The first-order chi connectivity index (χ1) is 18.0. The average molecular weight is 505 g/mol. The lowest BCUT2D eigenvalue weighted by Crippen LogP contribution is -2.25. The Morgan fingerprint density at radius 1 is 0.676 bits per heavy atom. The summed E-state index contributed by atoms with van der Waals surface area (Å²) in [6.45, 7) is 2.62. The van der Waals surface area contributed by atoms with Gasteiger partial charge in [0.2, 0.25) is 12.7 Å². The molecule has 0 aliphatic carbocycles. The first-order valence-electron chi connectivity index (χ1n) is 11.8. The quantitative estimate of drug-likeness (QED) is 0.174. The highest BCUT2D eigenvalue weighted by atomic mass is 16.5. The van der Waals surface area contributed by atoms with Crippen molar-refractivity contribution in [1.82, 2.24) is 19.6 Å². The molecule has 0 bridgehead atoms. The van der Waals surface area contributed by atoms with E-state index >= 15 is 0 Å². The second-order valence-corrected chi connectivity index (χ2v) is 8.29. The maximum Gasteiger partial charge on any atom is 0.403 e. The molecular weight excluding hydrogens is 472 g/mol. The maximum atomic E-state index is 5.72. The van der Waals surface area contributed by atoms with Gasteiger partial charge in [0.05, 0.1) is 52.8 Å². The van der Waals surface area contributed by atoms with Gasteiger partial charge in [0.15, 0.2) is 0 Å². The van der Waals surface area contributed by atoms with Gasteiger partial charge in [-0.3, -0.25) is 0 Å². The highest BCUT2D eigenvalue weighted by Gasteiger charge is 2.12. The van der Waals surface area contributed by atoms with E-state index < -0.39 is 0 Å². The third-order valence-corrected chi connectivity index (χ3v) is 5.40. The first kappa shape index (κ1) is 25.6. The van der Waals surface area contributed by atoms with Crippen LogP contribution in [0.5, 0.6) is 0 Å². The lowest BCUT2D eigenvalue weighted by molar-refractivity contribution is -0.659. The Kier molecular flexibility index (Phi) is 8.60. The first-order valence-corrected chi connectivity index (χ1v) is 11.8. The largest absolute Gasteiger partial charge is 0.403 e. The lowest BCUT2D eigenvalue weighted by atomic mass is 10.3. The minimum Gasteiger partial charge on any atom is -0.383 e. The molecule has 0 saturated carbocycles. The van der Waals surface area contributed by atoms with Crippen LogP contribution in [0.2, 0.25) is 0 Å². The number of nitrogens with zero attached hydrogens (tertiary/aromatic N) is 10. The van der Waals surface area contributed by atoms with Gasteiger partial charge in [-0.05, 0) is 58.7 Å². The topological polar surface area (TPSA) is 126 Å². The van der Waals surface area contributed by atoms with E-state index in [0.717, 1.165) is 22.7 Å². The molecule has 4 rings (SSSR count). The van der Waals surface area contributed by atoms with E-state index in [-0.39, 0.29) is 0 Å². The fourth-order valence-electron chi connectivity index (χ4n) is 3.38. The molecule has 0 aliphatic heterocycles. The second-order valence-electron chi connectivity index (χ2n) is 8.29. The predicted molar refractivity (Wildman–Crippen MR) is 138 cm³/mol. The third kappa shape index (κ3) is 7.24. The van der Waals surface area contributed by atoms with Gasteiger partial charge in [0, 0.05) is 34.7 Å². The van der Waals surface area contributed by atoms with Gasteiger partial charge in [-0.2, -0.15) is 0 Å². The van der Waals surface area contributed by atoms with Crippen LogP contribution < -0.4 is 19.8 Å². The number of hydrogen-bond acceptors (Lipinski definition) is 9. The zero-order valence-electron chi connectivity index (χ0n) is 21.5. The van der Waals surface area contributed by atoms with Crippen LogP contribution in [0.3, 0.4) is 0 Å². The van der Waals surface area contributed by atoms with Crippen LogP contribution in [-0.4, -0.2) is 45.9 Å². The number of azo groups is 2. The number of aromatic nitrogens is 6. The molecule has 192 valence electrons. The summed E-state index contributed by atoms with van der Waals surface area (Å²) in [5.41, 5.74) is 3.54. The highest BCUT2D eigenvalue weighted by Crippen LogP contribution is 2.19. The Bertz CT molecular complexity index is 1200. The van der Waals surface area contributed by atoms with Crippen molar-refractivity contribution in [3.63, 3.8) is 0 Å².